The summed E-state index contributed by atoms with van der Waals surface area (Å²) in [5.41, 5.74) is 0. The number of ether oxygens (including phenoxy) is 3. The molecule has 0 fully saturated rings. The van der Waals surface area contributed by atoms with Gasteiger partial charge >= 0.3 is 17.9 Å². The predicted molar refractivity (Wildman–Crippen MR) is 298 cm³/mol. The summed E-state index contributed by atoms with van der Waals surface area (Å²) in [4.78, 5) is 37.8. The normalized spacial score (nSPS) is 12.4. The molecule has 0 aromatic rings. The molecule has 0 rings (SSSR count). The molecule has 0 aromatic heterocycles. The Hall–Kier alpha value is -2.89. The number of hydrogen-bond acceptors (Lipinski definition) is 6. The maximum atomic E-state index is 12.8. The summed E-state index contributed by atoms with van der Waals surface area (Å²) in [5, 5.41) is 0. The summed E-state index contributed by atoms with van der Waals surface area (Å²) in [7, 11) is 0. The van der Waals surface area contributed by atoms with Crippen LogP contribution in [0.1, 0.15) is 303 Å². The second-order valence-electron chi connectivity index (χ2n) is 19.9. The zero-order chi connectivity index (χ0) is 50.0. The van der Waals surface area contributed by atoms with Crippen LogP contribution >= 0.6 is 0 Å². The van der Waals surface area contributed by atoms with Crippen molar-refractivity contribution < 1.29 is 28.6 Å². The first kappa shape index (κ1) is 66.1. The van der Waals surface area contributed by atoms with Crippen LogP contribution in [-0.4, -0.2) is 37.2 Å². The molecule has 0 aromatic carbocycles. The number of carbonyl (C=O) groups is 3. The highest BCUT2D eigenvalue weighted by atomic mass is 16.6. The molecule has 6 heteroatoms. The lowest BCUT2D eigenvalue weighted by molar-refractivity contribution is -0.167. The molecule has 6 nitrogen and oxygen atoms in total. The van der Waals surface area contributed by atoms with Crippen LogP contribution in [0.5, 0.6) is 0 Å². The summed E-state index contributed by atoms with van der Waals surface area (Å²) in [6.45, 7) is 6.53. The van der Waals surface area contributed by atoms with Crippen LogP contribution in [0.3, 0.4) is 0 Å². The predicted octanol–water partition coefficient (Wildman–Crippen LogP) is 20.0. The Balaban J connectivity index is 4.02. The van der Waals surface area contributed by atoms with E-state index in [0.29, 0.717) is 19.3 Å². The number of unbranched alkanes of at least 4 members (excludes halogenated alkanes) is 33. The first-order valence-corrected chi connectivity index (χ1v) is 29.8. The van der Waals surface area contributed by atoms with Crippen molar-refractivity contribution in [2.24, 2.45) is 0 Å². The topological polar surface area (TPSA) is 78.9 Å². The van der Waals surface area contributed by atoms with Gasteiger partial charge in [0, 0.05) is 19.3 Å². The molecule has 0 bridgehead atoms. The fraction of sp³-hybridized carbons (Fsp3) is 0.794. The number of carbonyl (C=O) groups excluding carboxylic acids is 3. The van der Waals surface area contributed by atoms with Crippen LogP contribution in [0.4, 0.5) is 0 Å². The second-order valence-corrected chi connectivity index (χ2v) is 19.9. The minimum Gasteiger partial charge on any atom is -0.462 e. The molecule has 0 saturated heterocycles. The van der Waals surface area contributed by atoms with Gasteiger partial charge < -0.3 is 14.2 Å². The minimum absolute atomic E-state index is 0.0762. The van der Waals surface area contributed by atoms with Gasteiger partial charge in [-0.1, -0.05) is 255 Å². The molecule has 400 valence electrons. The molecule has 0 aliphatic rings. The first-order chi connectivity index (χ1) is 34.0. The van der Waals surface area contributed by atoms with Gasteiger partial charge in [0.15, 0.2) is 6.10 Å². The summed E-state index contributed by atoms with van der Waals surface area (Å²) in [6.07, 6.45) is 72.7. The van der Waals surface area contributed by atoms with Gasteiger partial charge in [-0.2, -0.15) is 0 Å². The van der Waals surface area contributed by atoms with E-state index in [1.54, 1.807) is 0 Å². The number of esters is 3. The van der Waals surface area contributed by atoms with Crippen LogP contribution in [0.2, 0.25) is 0 Å². The maximum Gasteiger partial charge on any atom is 0.306 e. The molecular formula is C63H112O6. The molecule has 0 radical (unpaired) electrons. The number of rotatable bonds is 54. The first-order valence-electron chi connectivity index (χ1n) is 29.8. The van der Waals surface area contributed by atoms with Crippen molar-refractivity contribution in [3.63, 3.8) is 0 Å². The van der Waals surface area contributed by atoms with E-state index in [2.05, 4.69) is 81.5 Å². The molecule has 0 heterocycles. The highest BCUT2D eigenvalue weighted by Gasteiger charge is 2.19. The quantitative estimate of drug-likeness (QED) is 0.0262. The summed E-state index contributed by atoms with van der Waals surface area (Å²) >= 11 is 0. The third kappa shape index (κ3) is 55.9. The average molecular weight is 966 g/mol. The van der Waals surface area contributed by atoms with Gasteiger partial charge in [0.1, 0.15) is 13.2 Å². The van der Waals surface area contributed by atoms with Gasteiger partial charge in [-0.25, -0.2) is 0 Å². The highest BCUT2D eigenvalue weighted by Crippen LogP contribution is 2.16. The Morgan fingerprint density at radius 1 is 0.290 bits per heavy atom. The molecule has 69 heavy (non-hydrogen) atoms. The van der Waals surface area contributed by atoms with Crippen molar-refractivity contribution in [1.29, 1.82) is 0 Å². The Morgan fingerprint density at radius 3 is 0.841 bits per heavy atom. The summed E-state index contributed by atoms with van der Waals surface area (Å²) in [5.74, 6) is -0.889. The van der Waals surface area contributed by atoms with E-state index >= 15 is 0 Å². The lowest BCUT2D eigenvalue weighted by Gasteiger charge is -2.18. The molecule has 0 spiro atoms. The van der Waals surface area contributed by atoms with Crippen molar-refractivity contribution in [2.45, 2.75) is 309 Å². The Morgan fingerprint density at radius 2 is 0.522 bits per heavy atom. The van der Waals surface area contributed by atoms with Crippen LogP contribution in [0, 0.1) is 0 Å². The fourth-order valence-corrected chi connectivity index (χ4v) is 8.48. The summed E-state index contributed by atoms with van der Waals surface area (Å²) < 4.78 is 16.7. The van der Waals surface area contributed by atoms with Crippen LogP contribution in [0.25, 0.3) is 0 Å². The van der Waals surface area contributed by atoms with Crippen LogP contribution < -0.4 is 0 Å². The van der Waals surface area contributed by atoms with Crippen molar-refractivity contribution in [3.05, 3.63) is 60.8 Å². The average Bonchev–Trinajstić information content (AvgIpc) is 3.35. The number of allylic oxidation sites excluding steroid dienone is 10. The van der Waals surface area contributed by atoms with E-state index in [-0.39, 0.29) is 31.1 Å². The lowest BCUT2D eigenvalue weighted by atomic mass is 10.0. The lowest BCUT2D eigenvalue weighted by Crippen LogP contribution is -2.30. The zero-order valence-corrected chi connectivity index (χ0v) is 45.8. The maximum absolute atomic E-state index is 12.8. The van der Waals surface area contributed by atoms with Gasteiger partial charge in [-0.05, 0) is 89.9 Å². The molecule has 0 aliphatic carbocycles. The van der Waals surface area contributed by atoms with Gasteiger partial charge in [0.05, 0.1) is 0 Å². The molecule has 0 amide bonds. The van der Waals surface area contributed by atoms with Gasteiger partial charge in [-0.15, -0.1) is 0 Å². The van der Waals surface area contributed by atoms with Crippen molar-refractivity contribution in [2.75, 3.05) is 13.2 Å². The van der Waals surface area contributed by atoms with Gasteiger partial charge in [-0.3, -0.25) is 14.4 Å². The SMILES string of the molecule is CCCCC/C=C\C/C=C\CCCCCCCCCC(=O)OC(COC(=O)CCCCCCC)COC(=O)CCCCCCCCCCCCCCCC/C=C\C/C=C\C/C=C\CCCCCCC. The van der Waals surface area contributed by atoms with Gasteiger partial charge in [0.25, 0.3) is 0 Å². The zero-order valence-electron chi connectivity index (χ0n) is 45.8. The van der Waals surface area contributed by atoms with Crippen molar-refractivity contribution >= 4 is 17.9 Å². The van der Waals surface area contributed by atoms with E-state index in [4.69, 9.17) is 14.2 Å². The molecular weight excluding hydrogens is 853 g/mol. The molecule has 1 atom stereocenters. The smallest absolute Gasteiger partial charge is 0.306 e. The molecule has 1 unspecified atom stereocenters. The molecule has 0 saturated carbocycles. The van der Waals surface area contributed by atoms with Crippen LogP contribution in [-0.2, 0) is 28.6 Å². The highest BCUT2D eigenvalue weighted by molar-refractivity contribution is 5.71. The van der Waals surface area contributed by atoms with E-state index in [9.17, 15) is 14.4 Å². The van der Waals surface area contributed by atoms with E-state index in [1.807, 2.05) is 0 Å². The molecule has 0 aliphatic heterocycles. The van der Waals surface area contributed by atoms with Crippen molar-refractivity contribution in [3.8, 4) is 0 Å². The van der Waals surface area contributed by atoms with Crippen molar-refractivity contribution in [1.82, 2.24) is 0 Å². The number of hydrogen-bond donors (Lipinski definition) is 0. The van der Waals surface area contributed by atoms with E-state index in [1.165, 1.54) is 173 Å². The van der Waals surface area contributed by atoms with E-state index in [0.717, 1.165) is 89.9 Å². The Bertz CT molecular complexity index is 1250. The monoisotopic (exact) mass is 965 g/mol. The standard InChI is InChI=1S/C63H112O6/c1-4-7-10-13-15-17-19-21-23-25-26-27-28-29-30-31-32-33-34-35-36-38-39-41-43-45-47-50-53-56-62(65)68-59-60(58-67-61(64)55-52-49-12-9-6-3)69-63(66)57-54-51-48-46-44-42-40-37-24-22-20-18-16-14-11-8-5-2/h16,18-19,21-22,24-26,28-29,60H,4-15,17,20,23,27,30-59H2,1-3H3/b18-16-,21-19-,24-22-,26-25-,29-28-. The molecule has 0 N–H and O–H groups in total. The second kappa shape index (κ2) is 57.7. The fourth-order valence-electron chi connectivity index (χ4n) is 8.48. The van der Waals surface area contributed by atoms with Crippen LogP contribution in [0.15, 0.2) is 60.8 Å². The minimum atomic E-state index is -0.774. The largest absolute Gasteiger partial charge is 0.462 e. The third-order valence-electron chi connectivity index (χ3n) is 13.0. The third-order valence-corrected chi connectivity index (χ3v) is 13.0. The van der Waals surface area contributed by atoms with Gasteiger partial charge in [0.2, 0.25) is 0 Å². The van der Waals surface area contributed by atoms with E-state index < -0.39 is 6.10 Å². The Labute approximate surface area is 428 Å². The summed E-state index contributed by atoms with van der Waals surface area (Å²) in [6, 6.07) is 0. The Kier molecular flexibility index (Phi) is 55.3.